The molecule has 0 bridgehead atoms. The van der Waals surface area contributed by atoms with E-state index in [1.54, 1.807) is 0 Å². The highest BCUT2D eigenvalue weighted by Crippen LogP contribution is 2.46. The van der Waals surface area contributed by atoms with Gasteiger partial charge < -0.3 is 5.32 Å². The zero-order valence-electron chi connectivity index (χ0n) is 12.4. The van der Waals surface area contributed by atoms with Crippen LogP contribution in [0.15, 0.2) is 0 Å². The van der Waals surface area contributed by atoms with E-state index in [2.05, 4.69) is 19.2 Å². The van der Waals surface area contributed by atoms with E-state index < -0.39 is 0 Å². The number of hydrogen-bond donors (Lipinski definition) is 1. The molecule has 0 aromatic heterocycles. The molecule has 104 valence electrons. The summed E-state index contributed by atoms with van der Waals surface area (Å²) in [6.45, 7) is 6.13. The summed E-state index contributed by atoms with van der Waals surface area (Å²) in [5.41, 5.74) is 0.663. The van der Waals surface area contributed by atoms with Gasteiger partial charge in [-0.3, -0.25) is 0 Å². The first-order valence-corrected chi connectivity index (χ1v) is 8.42. The van der Waals surface area contributed by atoms with Gasteiger partial charge in [-0.1, -0.05) is 26.7 Å². The maximum Gasteiger partial charge on any atom is 0.0124 e. The average molecular weight is 249 g/mol. The molecule has 0 aromatic carbocycles. The predicted molar refractivity (Wildman–Crippen MR) is 77.6 cm³/mol. The normalized spacial score (nSPS) is 27.3. The van der Waals surface area contributed by atoms with Crippen LogP contribution in [0.4, 0.5) is 0 Å². The van der Waals surface area contributed by atoms with Gasteiger partial charge in [-0.15, -0.1) is 0 Å². The molecule has 1 heteroatoms. The van der Waals surface area contributed by atoms with Crippen LogP contribution < -0.4 is 5.32 Å². The minimum Gasteiger partial charge on any atom is -0.313 e. The molecule has 0 saturated heterocycles. The van der Waals surface area contributed by atoms with Gasteiger partial charge in [0.2, 0.25) is 0 Å². The highest BCUT2D eigenvalue weighted by molar-refractivity contribution is 4.98. The van der Waals surface area contributed by atoms with E-state index in [1.165, 1.54) is 64.3 Å². The second kappa shape index (κ2) is 5.15. The molecule has 3 aliphatic carbocycles. The summed E-state index contributed by atoms with van der Waals surface area (Å²) in [5, 5.41) is 4.03. The molecule has 0 radical (unpaired) electrons. The van der Waals surface area contributed by atoms with Crippen LogP contribution in [0.1, 0.15) is 71.6 Å². The van der Waals surface area contributed by atoms with Crippen LogP contribution in [0.25, 0.3) is 0 Å². The average Bonchev–Trinajstić information content (AvgIpc) is 3.20. The Balaban J connectivity index is 1.55. The molecular formula is C17H31N. The molecule has 0 heterocycles. The number of rotatable bonds is 7. The van der Waals surface area contributed by atoms with Crippen LogP contribution in [0.2, 0.25) is 0 Å². The lowest BCUT2D eigenvalue weighted by atomic mass is 9.78. The predicted octanol–water partition coefficient (Wildman–Crippen LogP) is 4.37. The first-order valence-electron chi connectivity index (χ1n) is 8.42. The van der Waals surface area contributed by atoms with Crippen molar-refractivity contribution >= 4 is 0 Å². The zero-order chi connectivity index (χ0) is 12.6. The quantitative estimate of drug-likeness (QED) is 0.706. The van der Waals surface area contributed by atoms with Crippen LogP contribution >= 0.6 is 0 Å². The molecule has 3 rings (SSSR count). The van der Waals surface area contributed by atoms with Gasteiger partial charge in [-0.25, -0.2) is 0 Å². The van der Waals surface area contributed by atoms with Crippen molar-refractivity contribution in [2.75, 3.05) is 6.54 Å². The van der Waals surface area contributed by atoms with Gasteiger partial charge in [0.1, 0.15) is 0 Å². The third-order valence-corrected chi connectivity index (χ3v) is 5.48. The van der Waals surface area contributed by atoms with Gasteiger partial charge in [-0.2, -0.15) is 0 Å². The van der Waals surface area contributed by atoms with Gasteiger partial charge in [0, 0.05) is 12.6 Å². The molecule has 3 fully saturated rings. The van der Waals surface area contributed by atoms with Crippen LogP contribution in [0.5, 0.6) is 0 Å². The van der Waals surface area contributed by atoms with Gasteiger partial charge >= 0.3 is 0 Å². The molecule has 0 spiro atoms. The molecule has 3 saturated carbocycles. The largest absolute Gasteiger partial charge is 0.313 e. The maximum atomic E-state index is 4.03. The highest BCUT2D eigenvalue weighted by atomic mass is 15.0. The molecule has 0 unspecified atom stereocenters. The van der Waals surface area contributed by atoms with E-state index in [0.29, 0.717) is 5.41 Å². The first kappa shape index (κ1) is 13.0. The molecule has 0 amide bonds. The van der Waals surface area contributed by atoms with E-state index in [4.69, 9.17) is 0 Å². The Morgan fingerprint density at radius 2 is 1.56 bits per heavy atom. The molecular weight excluding hydrogens is 218 g/mol. The number of nitrogens with one attached hydrogen (secondary N) is 1. The molecule has 1 N–H and O–H groups in total. The van der Waals surface area contributed by atoms with Crippen molar-refractivity contribution < 1.29 is 0 Å². The van der Waals surface area contributed by atoms with Crippen LogP contribution in [-0.4, -0.2) is 12.6 Å². The number of hydrogen-bond acceptors (Lipinski definition) is 1. The first-order chi connectivity index (χ1) is 8.69. The fourth-order valence-electron chi connectivity index (χ4n) is 4.41. The van der Waals surface area contributed by atoms with Crippen molar-refractivity contribution in [3.05, 3.63) is 0 Å². The highest BCUT2D eigenvalue weighted by Gasteiger charge is 2.43. The Hall–Kier alpha value is -0.0400. The lowest BCUT2D eigenvalue weighted by Gasteiger charge is -2.33. The Kier molecular flexibility index (Phi) is 3.71. The van der Waals surface area contributed by atoms with Gasteiger partial charge in [0.05, 0.1) is 0 Å². The summed E-state index contributed by atoms with van der Waals surface area (Å²) >= 11 is 0. The third kappa shape index (κ3) is 3.10. The summed E-state index contributed by atoms with van der Waals surface area (Å²) in [6.07, 6.45) is 13.4. The summed E-state index contributed by atoms with van der Waals surface area (Å²) in [7, 11) is 0. The smallest absolute Gasteiger partial charge is 0.0124 e. The topological polar surface area (TPSA) is 12.0 Å². The van der Waals surface area contributed by atoms with E-state index in [0.717, 1.165) is 23.8 Å². The van der Waals surface area contributed by atoms with Gasteiger partial charge in [-0.05, 0) is 68.1 Å². The Morgan fingerprint density at radius 1 is 1.00 bits per heavy atom. The molecule has 0 aromatic rings. The molecule has 18 heavy (non-hydrogen) atoms. The fourth-order valence-corrected chi connectivity index (χ4v) is 4.41. The maximum absolute atomic E-state index is 4.03. The van der Waals surface area contributed by atoms with Gasteiger partial charge in [0.15, 0.2) is 0 Å². The van der Waals surface area contributed by atoms with E-state index in [1.807, 2.05) is 0 Å². The van der Waals surface area contributed by atoms with Crippen molar-refractivity contribution in [2.45, 2.75) is 77.7 Å². The molecule has 0 atom stereocenters. The van der Waals surface area contributed by atoms with Crippen LogP contribution in [-0.2, 0) is 0 Å². The van der Waals surface area contributed by atoms with E-state index in [-0.39, 0.29) is 0 Å². The van der Waals surface area contributed by atoms with Crippen molar-refractivity contribution in [1.82, 2.24) is 5.32 Å². The third-order valence-electron chi connectivity index (χ3n) is 5.48. The van der Waals surface area contributed by atoms with Crippen molar-refractivity contribution in [2.24, 2.45) is 23.2 Å². The Bertz CT molecular complexity index is 257. The molecule has 0 aliphatic heterocycles. The molecule has 3 aliphatic rings. The minimum atomic E-state index is 0.663. The lowest BCUT2D eigenvalue weighted by molar-refractivity contribution is 0.207. The molecule has 1 nitrogen and oxygen atoms in total. The Labute approximate surface area is 113 Å². The van der Waals surface area contributed by atoms with Crippen molar-refractivity contribution in [3.8, 4) is 0 Å². The van der Waals surface area contributed by atoms with Crippen molar-refractivity contribution in [3.63, 3.8) is 0 Å². The van der Waals surface area contributed by atoms with Crippen LogP contribution in [0.3, 0.4) is 0 Å². The van der Waals surface area contributed by atoms with E-state index >= 15 is 0 Å². The van der Waals surface area contributed by atoms with E-state index in [9.17, 15) is 0 Å². The monoisotopic (exact) mass is 249 g/mol. The zero-order valence-corrected chi connectivity index (χ0v) is 12.4. The summed E-state index contributed by atoms with van der Waals surface area (Å²) < 4.78 is 0. The summed E-state index contributed by atoms with van der Waals surface area (Å²) in [4.78, 5) is 0. The van der Waals surface area contributed by atoms with Crippen LogP contribution in [0, 0.1) is 23.2 Å². The lowest BCUT2D eigenvalue weighted by Crippen LogP contribution is -2.41. The summed E-state index contributed by atoms with van der Waals surface area (Å²) in [5.74, 6) is 2.97. The SMILES string of the molecule is CC(C)CC1(CNC(C2CC2)C2CC2)CCCC1. The summed E-state index contributed by atoms with van der Waals surface area (Å²) in [6, 6.07) is 0.898. The second-order valence-corrected chi connectivity index (χ2v) is 7.89. The standard InChI is InChI=1S/C17H31N/c1-13(2)11-17(9-3-4-10-17)12-18-16(14-5-6-14)15-7-8-15/h13-16,18H,3-12H2,1-2H3. The van der Waals surface area contributed by atoms with Crippen molar-refractivity contribution in [1.29, 1.82) is 0 Å². The fraction of sp³-hybridized carbons (Fsp3) is 1.00. The minimum absolute atomic E-state index is 0.663. The second-order valence-electron chi connectivity index (χ2n) is 7.89. The Morgan fingerprint density at radius 3 is 2.00 bits per heavy atom. The van der Waals surface area contributed by atoms with Gasteiger partial charge in [0.25, 0.3) is 0 Å².